The van der Waals surface area contributed by atoms with E-state index in [4.69, 9.17) is 0 Å². The first-order valence-corrected chi connectivity index (χ1v) is 5.87. The largest absolute Gasteiger partial charge is 0.326 e. The van der Waals surface area contributed by atoms with Crippen molar-refractivity contribution in [2.75, 3.05) is 5.32 Å². The molecule has 3 atom stereocenters. The molecule has 1 fully saturated rings. The number of rotatable bonds is 2. The third-order valence-corrected chi connectivity index (χ3v) is 3.66. The van der Waals surface area contributed by atoms with Gasteiger partial charge in [-0.1, -0.05) is 30.4 Å². The quantitative estimate of drug-likeness (QED) is 0.752. The molecule has 0 aliphatic heterocycles. The second kappa shape index (κ2) is 3.78. The van der Waals surface area contributed by atoms with Gasteiger partial charge < -0.3 is 5.32 Å². The summed E-state index contributed by atoms with van der Waals surface area (Å²) in [6.45, 7) is 0. The maximum Gasteiger partial charge on any atom is 0.228 e. The van der Waals surface area contributed by atoms with Crippen molar-refractivity contribution in [3.63, 3.8) is 0 Å². The van der Waals surface area contributed by atoms with Gasteiger partial charge >= 0.3 is 0 Å². The summed E-state index contributed by atoms with van der Waals surface area (Å²) in [5.41, 5.74) is 0.902. The fourth-order valence-electron chi connectivity index (χ4n) is 2.84. The van der Waals surface area contributed by atoms with E-state index in [0.29, 0.717) is 11.8 Å². The minimum absolute atomic E-state index is 0.183. The van der Waals surface area contributed by atoms with Crippen LogP contribution in [-0.2, 0) is 4.79 Å². The molecule has 1 aromatic rings. The molecule has 2 aliphatic rings. The lowest BCUT2D eigenvalue weighted by Crippen LogP contribution is -2.25. The number of hydrogen-bond acceptors (Lipinski definition) is 1. The van der Waals surface area contributed by atoms with Gasteiger partial charge in [0.15, 0.2) is 0 Å². The number of anilines is 1. The molecule has 0 aromatic heterocycles. The highest BCUT2D eigenvalue weighted by molar-refractivity contribution is 5.93. The number of para-hydroxylation sites is 1. The summed E-state index contributed by atoms with van der Waals surface area (Å²) in [5, 5.41) is 3.00. The number of nitrogens with one attached hydrogen (secondary N) is 1. The number of benzene rings is 1. The molecular formula is C14H15NO. The minimum Gasteiger partial charge on any atom is -0.326 e. The molecule has 2 nitrogen and oxygen atoms in total. The van der Waals surface area contributed by atoms with Gasteiger partial charge in [0.1, 0.15) is 0 Å². The SMILES string of the molecule is O=C(Nc1ccccc1)C1C[C@H]2C=C[C@@H]1C2. The maximum absolute atomic E-state index is 12.1. The van der Waals surface area contributed by atoms with Crippen LogP contribution in [0.4, 0.5) is 5.69 Å². The molecule has 3 rings (SSSR count). The first-order chi connectivity index (χ1) is 7.83. The predicted molar refractivity (Wildman–Crippen MR) is 63.9 cm³/mol. The summed E-state index contributed by atoms with van der Waals surface area (Å²) in [4.78, 5) is 12.1. The lowest BCUT2D eigenvalue weighted by Gasteiger charge is -2.17. The van der Waals surface area contributed by atoms with Crippen LogP contribution in [0.1, 0.15) is 12.8 Å². The standard InChI is InChI=1S/C14H15NO/c16-14(15-12-4-2-1-3-5-12)13-9-10-6-7-11(13)8-10/h1-7,10-11,13H,8-9H2,(H,15,16)/t10-,11+,13?/m0/s1. The van der Waals surface area contributed by atoms with Gasteiger partial charge in [0.05, 0.1) is 0 Å². The van der Waals surface area contributed by atoms with Crippen molar-refractivity contribution in [2.24, 2.45) is 17.8 Å². The lowest BCUT2D eigenvalue weighted by atomic mass is 9.93. The Hall–Kier alpha value is -1.57. The second-order valence-electron chi connectivity index (χ2n) is 4.74. The molecule has 2 heteroatoms. The number of fused-ring (bicyclic) bond motifs is 2. The van der Waals surface area contributed by atoms with Gasteiger partial charge in [0, 0.05) is 11.6 Å². The molecule has 1 amide bonds. The molecular weight excluding hydrogens is 198 g/mol. The molecule has 2 bridgehead atoms. The molecule has 1 saturated carbocycles. The molecule has 0 radical (unpaired) electrons. The fourth-order valence-corrected chi connectivity index (χ4v) is 2.84. The van der Waals surface area contributed by atoms with E-state index in [1.165, 1.54) is 6.42 Å². The van der Waals surface area contributed by atoms with Gasteiger partial charge in [-0.15, -0.1) is 0 Å². The van der Waals surface area contributed by atoms with Gasteiger partial charge in [0.2, 0.25) is 5.91 Å². The average Bonchev–Trinajstić information content (AvgIpc) is 2.92. The monoisotopic (exact) mass is 213 g/mol. The smallest absolute Gasteiger partial charge is 0.228 e. The van der Waals surface area contributed by atoms with Crippen LogP contribution in [0.2, 0.25) is 0 Å². The highest BCUT2D eigenvalue weighted by Crippen LogP contribution is 2.43. The normalized spacial score (nSPS) is 30.6. The number of amides is 1. The number of allylic oxidation sites excluding steroid dienone is 2. The van der Waals surface area contributed by atoms with E-state index in [-0.39, 0.29) is 11.8 Å². The molecule has 82 valence electrons. The van der Waals surface area contributed by atoms with Crippen LogP contribution in [0.3, 0.4) is 0 Å². The van der Waals surface area contributed by atoms with E-state index in [1.807, 2.05) is 30.3 Å². The zero-order chi connectivity index (χ0) is 11.0. The molecule has 0 saturated heterocycles. The topological polar surface area (TPSA) is 29.1 Å². The average molecular weight is 213 g/mol. The van der Waals surface area contributed by atoms with Crippen molar-refractivity contribution in [3.05, 3.63) is 42.5 Å². The Balaban J connectivity index is 1.69. The van der Waals surface area contributed by atoms with Crippen LogP contribution in [0, 0.1) is 17.8 Å². The Morgan fingerprint density at radius 1 is 1.12 bits per heavy atom. The van der Waals surface area contributed by atoms with Crippen LogP contribution >= 0.6 is 0 Å². The molecule has 0 heterocycles. The Morgan fingerprint density at radius 2 is 1.94 bits per heavy atom. The van der Waals surface area contributed by atoms with Crippen molar-refractivity contribution >= 4 is 11.6 Å². The zero-order valence-electron chi connectivity index (χ0n) is 9.10. The van der Waals surface area contributed by atoms with Crippen LogP contribution in [0.5, 0.6) is 0 Å². The van der Waals surface area contributed by atoms with Gasteiger partial charge in [-0.2, -0.15) is 0 Å². The van der Waals surface area contributed by atoms with E-state index in [9.17, 15) is 4.79 Å². The Labute approximate surface area is 95.4 Å². The second-order valence-corrected chi connectivity index (χ2v) is 4.74. The van der Waals surface area contributed by atoms with Crippen molar-refractivity contribution in [1.82, 2.24) is 0 Å². The van der Waals surface area contributed by atoms with E-state index < -0.39 is 0 Å². The first-order valence-electron chi connectivity index (χ1n) is 5.87. The number of hydrogen-bond donors (Lipinski definition) is 1. The molecule has 0 spiro atoms. The number of carbonyl (C=O) groups excluding carboxylic acids is 1. The molecule has 1 aromatic carbocycles. The van der Waals surface area contributed by atoms with E-state index in [0.717, 1.165) is 12.1 Å². The third-order valence-electron chi connectivity index (χ3n) is 3.66. The third kappa shape index (κ3) is 1.64. The molecule has 1 N–H and O–H groups in total. The minimum atomic E-state index is 0.183. The molecule has 16 heavy (non-hydrogen) atoms. The van der Waals surface area contributed by atoms with Gasteiger partial charge in [0.25, 0.3) is 0 Å². The predicted octanol–water partition coefficient (Wildman–Crippen LogP) is 2.84. The summed E-state index contributed by atoms with van der Waals surface area (Å²) in [6.07, 6.45) is 6.67. The van der Waals surface area contributed by atoms with E-state index in [2.05, 4.69) is 17.5 Å². The molecule has 1 unspecified atom stereocenters. The van der Waals surface area contributed by atoms with E-state index >= 15 is 0 Å². The lowest BCUT2D eigenvalue weighted by molar-refractivity contribution is -0.120. The summed E-state index contributed by atoms with van der Waals surface area (Å²) in [6, 6.07) is 9.70. The summed E-state index contributed by atoms with van der Waals surface area (Å²) >= 11 is 0. The van der Waals surface area contributed by atoms with Gasteiger partial charge in [-0.25, -0.2) is 0 Å². The van der Waals surface area contributed by atoms with Crippen LogP contribution in [-0.4, -0.2) is 5.91 Å². The van der Waals surface area contributed by atoms with Crippen molar-refractivity contribution in [1.29, 1.82) is 0 Å². The highest BCUT2D eigenvalue weighted by Gasteiger charge is 2.39. The number of carbonyl (C=O) groups is 1. The van der Waals surface area contributed by atoms with Crippen molar-refractivity contribution < 1.29 is 4.79 Å². The maximum atomic E-state index is 12.1. The summed E-state index contributed by atoms with van der Waals surface area (Å²) in [7, 11) is 0. The van der Waals surface area contributed by atoms with Gasteiger partial charge in [-0.05, 0) is 36.8 Å². The Morgan fingerprint density at radius 3 is 2.56 bits per heavy atom. The zero-order valence-corrected chi connectivity index (χ0v) is 9.10. The molecule has 2 aliphatic carbocycles. The van der Waals surface area contributed by atoms with Gasteiger partial charge in [-0.3, -0.25) is 4.79 Å². The fraction of sp³-hybridized carbons (Fsp3) is 0.357. The highest BCUT2D eigenvalue weighted by atomic mass is 16.1. The van der Waals surface area contributed by atoms with Crippen molar-refractivity contribution in [3.8, 4) is 0 Å². The van der Waals surface area contributed by atoms with Crippen molar-refractivity contribution in [2.45, 2.75) is 12.8 Å². The Kier molecular flexibility index (Phi) is 2.28. The van der Waals surface area contributed by atoms with Crippen LogP contribution in [0.25, 0.3) is 0 Å². The first kappa shape index (κ1) is 9.64. The summed E-state index contributed by atoms with van der Waals surface area (Å²) in [5.74, 6) is 1.50. The van der Waals surface area contributed by atoms with Crippen LogP contribution in [0.15, 0.2) is 42.5 Å². The van der Waals surface area contributed by atoms with Crippen LogP contribution < -0.4 is 5.32 Å². The van der Waals surface area contributed by atoms with E-state index in [1.54, 1.807) is 0 Å². The Bertz CT molecular complexity index is 424. The summed E-state index contributed by atoms with van der Waals surface area (Å²) < 4.78 is 0.